The third kappa shape index (κ3) is 8.48. The Morgan fingerprint density at radius 2 is 1.87 bits per heavy atom. The van der Waals surface area contributed by atoms with Gasteiger partial charge in [0.25, 0.3) is 5.91 Å². The van der Waals surface area contributed by atoms with Gasteiger partial charge in [0.2, 0.25) is 11.9 Å². The van der Waals surface area contributed by atoms with Gasteiger partial charge in [0.15, 0.2) is 0 Å². The molecule has 46 heavy (non-hydrogen) atoms. The zero-order valence-electron chi connectivity index (χ0n) is 28.4. The molecule has 1 aliphatic carbocycles. The quantitative estimate of drug-likeness (QED) is 0.121. The van der Waals surface area contributed by atoms with Crippen molar-refractivity contribution in [3.8, 4) is 11.1 Å². The number of hydrogen-bond acceptors (Lipinski definition) is 7. The van der Waals surface area contributed by atoms with Crippen molar-refractivity contribution < 1.29 is 23.5 Å². The Bertz CT molecular complexity index is 1510. The Hall–Kier alpha value is -3.42. The van der Waals surface area contributed by atoms with Crippen molar-refractivity contribution in [2.45, 2.75) is 97.8 Å². The molecule has 0 aliphatic heterocycles. The Balaban J connectivity index is 1.60. The highest BCUT2D eigenvalue weighted by Crippen LogP contribution is 2.40. The fourth-order valence-electron chi connectivity index (χ4n) is 6.34. The normalized spacial score (nSPS) is 17.7. The van der Waals surface area contributed by atoms with E-state index in [1.165, 1.54) is 4.68 Å². The standard InChI is InChI=1S/C33H50FN7O4Si/c1-8-26-28(22(3)39-41(26)20-45-17-18-46(5,6)7)24-13-14-27(37-31(24)34)38-33(43)29(23-11-9-21(2)10-12-23)25-19-36-40(15-16-44-4)30(25)32(35)42/h13-14,19,21,23,29H,8-12,15-18,20H2,1-7H3,(H2,35,42)(H,37,38,43)/t21?,23?,29-/m0/s1. The van der Waals surface area contributed by atoms with E-state index >= 15 is 4.39 Å². The number of ether oxygens (including phenoxy) is 2. The summed E-state index contributed by atoms with van der Waals surface area (Å²) in [5, 5.41) is 11.9. The lowest BCUT2D eigenvalue weighted by Gasteiger charge is -2.32. The molecule has 0 unspecified atom stereocenters. The van der Waals surface area contributed by atoms with Gasteiger partial charge in [0, 0.05) is 44.2 Å². The van der Waals surface area contributed by atoms with Crippen LogP contribution >= 0.6 is 0 Å². The molecule has 0 spiro atoms. The van der Waals surface area contributed by atoms with E-state index in [1.54, 1.807) is 30.1 Å². The Labute approximate surface area is 272 Å². The Morgan fingerprint density at radius 1 is 1.15 bits per heavy atom. The molecule has 252 valence electrons. The monoisotopic (exact) mass is 655 g/mol. The molecule has 0 aromatic carbocycles. The molecule has 1 atom stereocenters. The smallest absolute Gasteiger partial charge is 0.267 e. The third-order valence-corrected chi connectivity index (χ3v) is 10.6. The predicted octanol–water partition coefficient (Wildman–Crippen LogP) is 5.76. The molecule has 3 aromatic heterocycles. The first-order chi connectivity index (χ1) is 21.8. The number of methoxy groups -OCH3 is 1. The second-order valence-corrected chi connectivity index (χ2v) is 19.3. The van der Waals surface area contributed by atoms with Crippen molar-refractivity contribution in [2.24, 2.45) is 17.6 Å². The van der Waals surface area contributed by atoms with Crippen molar-refractivity contribution in [1.29, 1.82) is 0 Å². The van der Waals surface area contributed by atoms with Gasteiger partial charge >= 0.3 is 0 Å². The van der Waals surface area contributed by atoms with Gasteiger partial charge in [-0.3, -0.25) is 14.3 Å². The minimum atomic E-state index is -1.22. The van der Waals surface area contributed by atoms with E-state index < -0.39 is 25.8 Å². The highest BCUT2D eigenvalue weighted by atomic mass is 28.3. The molecule has 0 saturated heterocycles. The van der Waals surface area contributed by atoms with Crippen molar-refractivity contribution in [3.05, 3.63) is 46.9 Å². The summed E-state index contributed by atoms with van der Waals surface area (Å²) >= 11 is 0. The molecule has 0 radical (unpaired) electrons. The van der Waals surface area contributed by atoms with E-state index in [0.29, 0.717) is 61.2 Å². The molecule has 1 aliphatic rings. The molecule has 4 rings (SSSR count). The lowest BCUT2D eigenvalue weighted by atomic mass is 9.73. The number of aromatic nitrogens is 5. The van der Waals surface area contributed by atoms with Crippen LogP contribution in [0.3, 0.4) is 0 Å². The van der Waals surface area contributed by atoms with E-state index in [2.05, 4.69) is 47.1 Å². The summed E-state index contributed by atoms with van der Waals surface area (Å²) in [6.07, 6.45) is 5.74. The number of carbonyl (C=O) groups excluding carboxylic acids is 2. The zero-order valence-corrected chi connectivity index (χ0v) is 29.4. The average Bonchev–Trinajstić information content (AvgIpc) is 3.55. The molecule has 11 nitrogen and oxygen atoms in total. The van der Waals surface area contributed by atoms with Crippen LogP contribution in [-0.2, 0) is 34.0 Å². The van der Waals surface area contributed by atoms with Gasteiger partial charge in [-0.2, -0.15) is 14.6 Å². The molecular formula is C33H50FN7O4Si. The van der Waals surface area contributed by atoms with Gasteiger partial charge in [0.1, 0.15) is 18.2 Å². The number of pyridine rings is 1. The lowest BCUT2D eigenvalue weighted by Crippen LogP contribution is -2.32. The minimum absolute atomic E-state index is 0.0351. The molecule has 13 heteroatoms. The van der Waals surface area contributed by atoms with Gasteiger partial charge in [-0.05, 0) is 56.2 Å². The van der Waals surface area contributed by atoms with Gasteiger partial charge in [-0.25, -0.2) is 9.67 Å². The summed E-state index contributed by atoms with van der Waals surface area (Å²) in [6, 6.07) is 4.29. The maximum Gasteiger partial charge on any atom is 0.267 e. The lowest BCUT2D eigenvalue weighted by molar-refractivity contribution is -0.119. The Kier molecular flexibility index (Phi) is 11.9. The first-order valence-electron chi connectivity index (χ1n) is 16.3. The van der Waals surface area contributed by atoms with Crippen LogP contribution < -0.4 is 11.1 Å². The minimum Gasteiger partial charge on any atom is -0.383 e. The molecule has 3 heterocycles. The van der Waals surface area contributed by atoms with E-state index in [1.807, 2.05) is 13.8 Å². The number of primary amides is 1. The average molecular weight is 656 g/mol. The van der Waals surface area contributed by atoms with Crippen LogP contribution in [0.2, 0.25) is 25.7 Å². The highest BCUT2D eigenvalue weighted by Gasteiger charge is 2.37. The maximum atomic E-state index is 15.7. The molecule has 1 saturated carbocycles. The molecule has 3 N–H and O–H groups in total. The maximum absolute atomic E-state index is 15.7. The number of carbonyl (C=O) groups is 2. The van der Waals surface area contributed by atoms with Crippen molar-refractivity contribution in [1.82, 2.24) is 24.5 Å². The van der Waals surface area contributed by atoms with E-state index in [-0.39, 0.29) is 23.3 Å². The number of halogens is 1. The number of rotatable bonds is 15. The first-order valence-corrected chi connectivity index (χ1v) is 20.0. The molecule has 1 fully saturated rings. The highest BCUT2D eigenvalue weighted by molar-refractivity contribution is 6.76. The summed E-state index contributed by atoms with van der Waals surface area (Å²) in [6.45, 7) is 14.6. The second kappa shape index (κ2) is 15.4. The topological polar surface area (TPSA) is 139 Å². The van der Waals surface area contributed by atoms with Crippen LogP contribution in [0.15, 0.2) is 18.3 Å². The van der Waals surface area contributed by atoms with Gasteiger partial charge < -0.3 is 20.5 Å². The second-order valence-electron chi connectivity index (χ2n) is 13.7. The van der Waals surface area contributed by atoms with E-state index in [9.17, 15) is 9.59 Å². The summed E-state index contributed by atoms with van der Waals surface area (Å²) in [5.74, 6) is -1.84. The van der Waals surface area contributed by atoms with Gasteiger partial charge in [-0.1, -0.05) is 46.3 Å². The number of amides is 2. The number of nitrogens with two attached hydrogens (primary N) is 1. The molecular weight excluding hydrogens is 605 g/mol. The number of nitrogens with one attached hydrogen (secondary N) is 1. The first kappa shape index (κ1) is 35.4. The largest absolute Gasteiger partial charge is 0.383 e. The van der Waals surface area contributed by atoms with Crippen LogP contribution in [0, 0.1) is 24.7 Å². The number of hydrogen-bond donors (Lipinski definition) is 2. The molecule has 2 amide bonds. The van der Waals surface area contributed by atoms with Gasteiger partial charge in [-0.15, -0.1) is 0 Å². The summed E-state index contributed by atoms with van der Waals surface area (Å²) in [4.78, 5) is 30.8. The van der Waals surface area contributed by atoms with Gasteiger partial charge in [0.05, 0.1) is 31.0 Å². The zero-order chi connectivity index (χ0) is 33.6. The van der Waals surface area contributed by atoms with Crippen LogP contribution in [-0.4, -0.2) is 64.8 Å². The third-order valence-electron chi connectivity index (χ3n) is 8.90. The predicted molar refractivity (Wildman–Crippen MR) is 179 cm³/mol. The van der Waals surface area contributed by atoms with Crippen molar-refractivity contribution in [3.63, 3.8) is 0 Å². The van der Waals surface area contributed by atoms with Crippen molar-refractivity contribution in [2.75, 3.05) is 25.6 Å². The van der Waals surface area contributed by atoms with Crippen LogP contribution in [0.25, 0.3) is 11.1 Å². The summed E-state index contributed by atoms with van der Waals surface area (Å²) < 4.78 is 30.1. The molecule has 3 aromatic rings. The number of anilines is 1. The molecule has 0 bridgehead atoms. The fraction of sp³-hybridized carbons (Fsp3) is 0.606. The number of nitrogens with zero attached hydrogens (tertiary/aromatic N) is 5. The SMILES string of the molecule is CCc1c(-c2ccc(NC(=O)[C@H](c3cnn(CCOC)c3C(N)=O)C3CCC(C)CC3)nc2F)c(C)nn1COCC[Si](C)(C)C. The summed E-state index contributed by atoms with van der Waals surface area (Å²) in [7, 11) is 0.338. The fourth-order valence-corrected chi connectivity index (χ4v) is 7.10. The van der Waals surface area contributed by atoms with E-state index in [0.717, 1.165) is 37.4 Å². The van der Waals surface area contributed by atoms with Crippen LogP contribution in [0.1, 0.15) is 72.9 Å². The van der Waals surface area contributed by atoms with E-state index in [4.69, 9.17) is 15.2 Å². The summed E-state index contributed by atoms with van der Waals surface area (Å²) in [5.41, 5.74) is 9.01. The Morgan fingerprint density at radius 3 is 2.48 bits per heavy atom. The van der Waals surface area contributed by atoms with Crippen molar-refractivity contribution >= 4 is 25.7 Å². The van der Waals surface area contributed by atoms with Crippen LogP contribution in [0.4, 0.5) is 10.2 Å². The number of aryl methyl sites for hydroxylation is 1. The van der Waals surface area contributed by atoms with Crippen LogP contribution in [0.5, 0.6) is 0 Å².